The zero-order chi connectivity index (χ0) is 16.4. The van der Waals surface area contributed by atoms with Crippen molar-refractivity contribution >= 4 is 21.7 Å². The Morgan fingerprint density at radius 2 is 2.00 bits per heavy atom. The molecule has 1 saturated carbocycles. The molecule has 0 atom stereocenters. The van der Waals surface area contributed by atoms with Crippen molar-refractivity contribution in [2.75, 3.05) is 5.32 Å². The average Bonchev–Trinajstić information content (AvgIpc) is 3.31. The van der Waals surface area contributed by atoms with E-state index in [1.54, 1.807) is 37.4 Å². The van der Waals surface area contributed by atoms with Gasteiger partial charge in [-0.25, -0.2) is 18.1 Å². The highest BCUT2D eigenvalue weighted by atomic mass is 32.2. The van der Waals surface area contributed by atoms with Crippen LogP contribution in [0.4, 0.5) is 5.82 Å². The van der Waals surface area contributed by atoms with Gasteiger partial charge in [0.15, 0.2) is 0 Å². The Balaban J connectivity index is 1.86. The monoisotopic (exact) mass is 331 g/mol. The summed E-state index contributed by atoms with van der Waals surface area (Å²) in [7, 11) is -3.59. The number of aromatic nitrogens is 1. The van der Waals surface area contributed by atoms with Gasteiger partial charge in [0.1, 0.15) is 5.82 Å². The topological polar surface area (TPSA) is 88.2 Å². The molecule has 0 spiro atoms. The van der Waals surface area contributed by atoms with Crippen LogP contribution in [-0.2, 0) is 10.0 Å². The predicted octanol–water partition coefficient (Wildman–Crippen LogP) is 2.08. The van der Waals surface area contributed by atoms with Crippen LogP contribution in [0.25, 0.3) is 0 Å². The van der Waals surface area contributed by atoms with Crippen LogP contribution in [0.3, 0.4) is 0 Å². The molecule has 3 rings (SSSR count). The Hall–Kier alpha value is -2.25. The number of anilines is 1. The molecule has 0 bridgehead atoms. The number of carbonyl (C=O) groups is 1. The number of nitrogens with zero attached hydrogens (tertiary/aromatic N) is 1. The van der Waals surface area contributed by atoms with Crippen molar-refractivity contribution in [3.05, 3.63) is 53.7 Å². The van der Waals surface area contributed by atoms with Crippen LogP contribution in [0.5, 0.6) is 0 Å². The van der Waals surface area contributed by atoms with E-state index < -0.39 is 10.0 Å². The summed E-state index contributed by atoms with van der Waals surface area (Å²) in [4.78, 5) is 16.5. The number of rotatable bonds is 5. The first-order valence-electron chi connectivity index (χ1n) is 7.31. The molecule has 1 heterocycles. The molecule has 7 heteroatoms. The highest BCUT2D eigenvalue weighted by Crippen LogP contribution is 2.23. The molecule has 6 nitrogen and oxygen atoms in total. The number of hydrogen-bond acceptors (Lipinski definition) is 4. The van der Waals surface area contributed by atoms with Crippen molar-refractivity contribution in [2.45, 2.75) is 30.7 Å². The van der Waals surface area contributed by atoms with E-state index in [1.807, 2.05) is 0 Å². The third-order valence-corrected chi connectivity index (χ3v) is 5.09. The summed E-state index contributed by atoms with van der Waals surface area (Å²) in [5, 5.41) is 2.67. The smallest absolute Gasteiger partial charge is 0.257 e. The Morgan fingerprint density at radius 3 is 2.65 bits per heavy atom. The summed E-state index contributed by atoms with van der Waals surface area (Å²) in [5.74, 6) is 0.0333. The Bertz CT molecular complexity index is 831. The van der Waals surface area contributed by atoms with Crippen LogP contribution in [-0.4, -0.2) is 25.4 Å². The minimum absolute atomic E-state index is 0.0205. The number of pyridine rings is 1. The lowest BCUT2D eigenvalue weighted by atomic mass is 10.1. The maximum absolute atomic E-state index is 12.4. The molecule has 1 fully saturated rings. The molecule has 1 aromatic carbocycles. The van der Waals surface area contributed by atoms with Crippen molar-refractivity contribution in [1.29, 1.82) is 0 Å². The second kappa shape index (κ2) is 6.10. The van der Waals surface area contributed by atoms with E-state index in [2.05, 4.69) is 15.0 Å². The van der Waals surface area contributed by atoms with Gasteiger partial charge in [-0.15, -0.1) is 0 Å². The first-order valence-corrected chi connectivity index (χ1v) is 8.79. The van der Waals surface area contributed by atoms with Crippen LogP contribution in [0.15, 0.2) is 47.5 Å². The van der Waals surface area contributed by atoms with Crippen LogP contribution in [0.1, 0.15) is 28.8 Å². The third-order valence-electron chi connectivity index (χ3n) is 3.57. The van der Waals surface area contributed by atoms with Gasteiger partial charge in [0.05, 0.1) is 4.90 Å². The standard InChI is InChI=1S/C16H17N3O3S/c1-11-5-8-13(23(21,22)19-12-6-7-12)10-14(11)16(20)18-15-4-2-3-9-17-15/h2-5,8-10,12,19H,6-7H2,1H3,(H,17,18,20). The molecule has 0 aliphatic heterocycles. The summed E-state index contributed by atoms with van der Waals surface area (Å²) < 4.78 is 27.2. The van der Waals surface area contributed by atoms with Gasteiger partial charge in [0.2, 0.25) is 10.0 Å². The molecule has 2 N–H and O–H groups in total. The molecule has 1 aromatic heterocycles. The molecule has 1 aliphatic carbocycles. The number of sulfonamides is 1. The molecule has 2 aromatic rings. The number of hydrogen-bond donors (Lipinski definition) is 2. The number of aryl methyl sites for hydroxylation is 1. The summed E-state index contributed by atoms with van der Waals surface area (Å²) in [6.07, 6.45) is 3.29. The summed E-state index contributed by atoms with van der Waals surface area (Å²) in [5.41, 5.74) is 1.01. The van der Waals surface area contributed by atoms with Crippen molar-refractivity contribution in [2.24, 2.45) is 0 Å². The van der Waals surface area contributed by atoms with Gasteiger partial charge in [-0.2, -0.15) is 0 Å². The van der Waals surface area contributed by atoms with Crippen molar-refractivity contribution in [3.8, 4) is 0 Å². The molecule has 0 unspecified atom stereocenters. The van der Waals surface area contributed by atoms with E-state index in [-0.39, 0.29) is 16.8 Å². The van der Waals surface area contributed by atoms with E-state index in [9.17, 15) is 13.2 Å². The molecule has 0 radical (unpaired) electrons. The molecular formula is C16H17N3O3S. The fourth-order valence-corrected chi connectivity index (χ4v) is 3.45. The highest BCUT2D eigenvalue weighted by Gasteiger charge is 2.28. The first-order chi connectivity index (χ1) is 11.0. The van der Waals surface area contributed by atoms with Crippen molar-refractivity contribution < 1.29 is 13.2 Å². The second-order valence-corrected chi connectivity index (χ2v) is 7.26. The minimum atomic E-state index is -3.59. The van der Waals surface area contributed by atoms with Gasteiger partial charge in [0.25, 0.3) is 5.91 Å². The van der Waals surface area contributed by atoms with Crippen molar-refractivity contribution in [1.82, 2.24) is 9.71 Å². The predicted molar refractivity (Wildman–Crippen MR) is 86.7 cm³/mol. The van der Waals surface area contributed by atoms with Crippen LogP contribution in [0, 0.1) is 6.92 Å². The maximum Gasteiger partial charge on any atom is 0.257 e. The summed E-state index contributed by atoms with van der Waals surface area (Å²) in [6, 6.07) is 9.74. The van der Waals surface area contributed by atoms with Gasteiger partial charge in [-0.3, -0.25) is 4.79 Å². The minimum Gasteiger partial charge on any atom is -0.307 e. The van der Waals surface area contributed by atoms with E-state index in [0.29, 0.717) is 16.9 Å². The highest BCUT2D eigenvalue weighted by molar-refractivity contribution is 7.89. The van der Waals surface area contributed by atoms with Gasteiger partial charge < -0.3 is 5.32 Å². The normalized spacial score (nSPS) is 14.5. The molecule has 1 aliphatic rings. The molecular weight excluding hydrogens is 314 g/mol. The Kier molecular flexibility index (Phi) is 4.14. The van der Waals surface area contributed by atoms with E-state index in [1.165, 1.54) is 12.1 Å². The lowest BCUT2D eigenvalue weighted by molar-refractivity contribution is 0.102. The van der Waals surface area contributed by atoms with Gasteiger partial charge in [-0.05, 0) is 49.6 Å². The van der Waals surface area contributed by atoms with Crippen LogP contribution in [0.2, 0.25) is 0 Å². The lowest BCUT2D eigenvalue weighted by Gasteiger charge is -2.10. The quantitative estimate of drug-likeness (QED) is 0.878. The molecule has 23 heavy (non-hydrogen) atoms. The zero-order valence-corrected chi connectivity index (χ0v) is 13.4. The zero-order valence-electron chi connectivity index (χ0n) is 12.6. The largest absolute Gasteiger partial charge is 0.307 e. The Labute approximate surface area is 135 Å². The fraction of sp³-hybridized carbons (Fsp3) is 0.250. The van der Waals surface area contributed by atoms with Crippen LogP contribution >= 0.6 is 0 Å². The third kappa shape index (κ3) is 3.75. The van der Waals surface area contributed by atoms with E-state index in [4.69, 9.17) is 0 Å². The molecule has 0 saturated heterocycles. The summed E-state index contributed by atoms with van der Waals surface area (Å²) >= 11 is 0. The van der Waals surface area contributed by atoms with E-state index in [0.717, 1.165) is 12.8 Å². The number of benzene rings is 1. The number of carbonyl (C=O) groups excluding carboxylic acids is 1. The molecule has 1 amide bonds. The first kappa shape index (κ1) is 15.6. The second-order valence-electron chi connectivity index (χ2n) is 5.54. The lowest BCUT2D eigenvalue weighted by Crippen LogP contribution is -2.26. The number of nitrogens with one attached hydrogen (secondary N) is 2. The van der Waals surface area contributed by atoms with Gasteiger partial charge >= 0.3 is 0 Å². The molecule has 120 valence electrons. The van der Waals surface area contributed by atoms with E-state index >= 15 is 0 Å². The van der Waals surface area contributed by atoms with Gasteiger partial charge in [0, 0.05) is 17.8 Å². The SMILES string of the molecule is Cc1ccc(S(=O)(=O)NC2CC2)cc1C(=O)Nc1ccccn1. The van der Waals surface area contributed by atoms with Crippen molar-refractivity contribution in [3.63, 3.8) is 0 Å². The summed E-state index contributed by atoms with van der Waals surface area (Å²) in [6.45, 7) is 1.76. The van der Waals surface area contributed by atoms with Gasteiger partial charge in [-0.1, -0.05) is 12.1 Å². The Morgan fingerprint density at radius 1 is 1.22 bits per heavy atom. The fourth-order valence-electron chi connectivity index (χ4n) is 2.12. The number of amides is 1. The average molecular weight is 331 g/mol. The van der Waals surface area contributed by atoms with Crippen LogP contribution < -0.4 is 10.0 Å². The maximum atomic E-state index is 12.4.